The minimum atomic E-state index is -4.17. The Kier molecular flexibility index (Phi) is 6.23. The zero-order valence-corrected chi connectivity index (χ0v) is 14.6. The highest BCUT2D eigenvalue weighted by atomic mass is 32.2. The minimum absolute atomic E-state index is 0.159. The van der Waals surface area contributed by atoms with E-state index in [1.807, 2.05) is 18.2 Å². The van der Waals surface area contributed by atoms with Crippen LogP contribution in [-0.4, -0.2) is 26.2 Å². The van der Waals surface area contributed by atoms with Crippen LogP contribution in [0.15, 0.2) is 53.4 Å². The lowest BCUT2D eigenvalue weighted by atomic mass is 9.99. The van der Waals surface area contributed by atoms with Crippen LogP contribution >= 0.6 is 0 Å². The van der Waals surface area contributed by atoms with Crippen molar-refractivity contribution in [2.24, 2.45) is 0 Å². The van der Waals surface area contributed by atoms with Crippen molar-refractivity contribution in [3.05, 3.63) is 54.1 Å². The Morgan fingerprint density at radius 1 is 1.00 bits per heavy atom. The van der Waals surface area contributed by atoms with Crippen molar-refractivity contribution in [1.82, 2.24) is 0 Å². The van der Waals surface area contributed by atoms with Crippen LogP contribution in [0.4, 0.5) is 0 Å². The van der Waals surface area contributed by atoms with Crippen LogP contribution in [0.1, 0.15) is 31.7 Å². The largest absolute Gasteiger partial charge is 0.490 e. The quantitative estimate of drug-likeness (QED) is 0.577. The van der Waals surface area contributed by atoms with Crippen LogP contribution in [0.3, 0.4) is 0 Å². The second kappa shape index (κ2) is 8.17. The van der Waals surface area contributed by atoms with E-state index in [-0.39, 0.29) is 4.90 Å². The van der Waals surface area contributed by atoms with Crippen LogP contribution in [0, 0.1) is 0 Å². The first kappa shape index (κ1) is 18.3. The Bertz CT molecular complexity index is 753. The average molecular weight is 350 g/mol. The van der Waals surface area contributed by atoms with Crippen molar-refractivity contribution >= 4 is 10.1 Å². The van der Waals surface area contributed by atoms with Gasteiger partial charge in [-0.05, 0) is 54.3 Å². The second-order valence-electron chi connectivity index (χ2n) is 5.53. The van der Waals surface area contributed by atoms with Gasteiger partial charge in [-0.15, -0.1) is 0 Å². The summed E-state index contributed by atoms with van der Waals surface area (Å²) in [5.41, 5.74) is 1.25. The van der Waals surface area contributed by atoms with Gasteiger partial charge in [-0.2, -0.15) is 8.42 Å². The molecule has 2 aromatic rings. The van der Waals surface area contributed by atoms with Gasteiger partial charge in [-0.3, -0.25) is 4.55 Å². The zero-order valence-electron chi connectivity index (χ0n) is 13.8. The Labute approximate surface area is 143 Å². The van der Waals surface area contributed by atoms with E-state index < -0.39 is 10.1 Å². The fourth-order valence-electron chi connectivity index (χ4n) is 2.17. The van der Waals surface area contributed by atoms with Gasteiger partial charge in [-0.1, -0.05) is 26.0 Å². The van der Waals surface area contributed by atoms with Crippen LogP contribution in [0.25, 0.3) is 0 Å². The third kappa shape index (κ3) is 5.25. The fraction of sp³-hybridized carbons (Fsp3) is 0.333. The van der Waals surface area contributed by atoms with E-state index in [4.69, 9.17) is 14.0 Å². The molecule has 0 aliphatic rings. The summed E-state index contributed by atoms with van der Waals surface area (Å²) in [6.07, 6.45) is 1.08. The molecule has 0 aliphatic heterocycles. The van der Waals surface area contributed by atoms with E-state index in [1.165, 1.54) is 29.8 Å². The van der Waals surface area contributed by atoms with Gasteiger partial charge < -0.3 is 9.47 Å². The third-order valence-corrected chi connectivity index (χ3v) is 4.65. The Morgan fingerprint density at radius 3 is 2.21 bits per heavy atom. The first-order valence-corrected chi connectivity index (χ1v) is 9.27. The molecule has 0 heterocycles. The maximum Gasteiger partial charge on any atom is 0.294 e. The van der Waals surface area contributed by atoms with E-state index in [1.54, 1.807) is 0 Å². The van der Waals surface area contributed by atoms with Gasteiger partial charge in [0, 0.05) is 0 Å². The van der Waals surface area contributed by atoms with Crippen molar-refractivity contribution in [3.8, 4) is 11.5 Å². The van der Waals surface area contributed by atoms with Crippen LogP contribution in [-0.2, 0) is 10.1 Å². The highest BCUT2D eigenvalue weighted by Crippen LogP contribution is 2.23. The van der Waals surface area contributed by atoms with E-state index >= 15 is 0 Å². The number of benzene rings is 2. The first-order chi connectivity index (χ1) is 11.4. The fourth-order valence-corrected chi connectivity index (χ4v) is 2.65. The molecular weight excluding hydrogens is 328 g/mol. The molecular formula is C18H22O5S. The second-order valence-corrected chi connectivity index (χ2v) is 6.95. The molecule has 0 bridgehead atoms. The lowest BCUT2D eigenvalue weighted by Gasteiger charge is -2.12. The molecule has 1 atom stereocenters. The molecule has 0 aromatic heterocycles. The third-order valence-electron chi connectivity index (χ3n) is 3.78. The van der Waals surface area contributed by atoms with Gasteiger partial charge in [0.15, 0.2) is 0 Å². The summed E-state index contributed by atoms with van der Waals surface area (Å²) >= 11 is 0. The van der Waals surface area contributed by atoms with Crippen molar-refractivity contribution in [3.63, 3.8) is 0 Å². The summed E-state index contributed by atoms with van der Waals surface area (Å²) in [6, 6.07) is 13.6. The molecule has 0 fully saturated rings. The van der Waals surface area contributed by atoms with E-state index in [0.717, 1.165) is 12.2 Å². The van der Waals surface area contributed by atoms with Crippen molar-refractivity contribution < 1.29 is 22.4 Å². The molecule has 2 rings (SSSR count). The predicted molar refractivity (Wildman–Crippen MR) is 92.4 cm³/mol. The molecule has 0 saturated carbocycles. The minimum Gasteiger partial charge on any atom is -0.490 e. The molecule has 0 aliphatic carbocycles. The summed E-state index contributed by atoms with van der Waals surface area (Å²) in [5, 5.41) is 0. The van der Waals surface area contributed by atoms with Crippen LogP contribution in [0.2, 0.25) is 0 Å². The number of hydrogen-bond acceptors (Lipinski definition) is 4. The lowest BCUT2D eigenvalue weighted by molar-refractivity contribution is 0.217. The van der Waals surface area contributed by atoms with Gasteiger partial charge in [0.1, 0.15) is 24.7 Å². The van der Waals surface area contributed by atoms with Crippen molar-refractivity contribution in [2.45, 2.75) is 31.1 Å². The topological polar surface area (TPSA) is 72.8 Å². The van der Waals surface area contributed by atoms with Crippen molar-refractivity contribution in [2.75, 3.05) is 13.2 Å². The zero-order chi connectivity index (χ0) is 17.6. The molecule has 0 saturated heterocycles. The molecule has 0 radical (unpaired) electrons. The summed E-state index contributed by atoms with van der Waals surface area (Å²) < 4.78 is 42.0. The van der Waals surface area contributed by atoms with E-state index in [9.17, 15) is 8.42 Å². The molecule has 5 nitrogen and oxygen atoms in total. The normalized spacial score (nSPS) is 12.6. The number of hydrogen-bond donors (Lipinski definition) is 1. The monoisotopic (exact) mass is 350 g/mol. The molecule has 0 spiro atoms. The molecule has 2 aromatic carbocycles. The lowest BCUT2D eigenvalue weighted by Crippen LogP contribution is -2.09. The standard InChI is InChI=1S/C18H22O5S/c1-3-14(2)15-5-4-6-17(13-15)23-12-11-22-16-7-9-18(10-8-16)24(19,20)21/h4-10,13-14H,3,11-12H2,1-2H3,(H,19,20,21). The molecule has 130 valence electrons. The maximum atomic E-state index is 11.0. The van der Waals surface area contributed by atoms with Gasteiger partial charge in [-0.25, -0.2) is 0 Å². The number of rotatable bonds is 8. The van der Waals surface area contributed by atoms with Crippen LogP contribution < -0.4 is 9.47 Å². The molecule has 6 heteroatoms. The predicted octanol–water partition coefficient (Wildman–Crippen LogP) is 3.90. The molecule has 0 amide bonds. The molecule has 1 N–H and O–H groups in total. The Morgan fingerprint density at radius 2 is 1.62 bits per heavy atom. The smallest absolute Gasteiger partial charge is 0.294 e. The average Bonchev–Trinajstić information content (AvgIpc) is 2.58. The molecule has 24 heavy (non-hydrogen) atoms. The highest BCUT2D eigenvalue weighted by molar-refractivity contribution is 7.85. The first-order valence-electron chi connectivity index (χ1n) is 7.83. The maximum absolute atomic E-state index is 11.0. The summed E-state index contributed by atoms with van der Waals surface area (Å²) in [5.74, 6) is 1.81. The summed E-state index contributed by atoms with van der Waals surface area (Å²) in [4.78, 5) is -0.159. The van der Waals surface area contributed by atoms with Gasteiger partial charge in [0.25, 0.3) is 10.1 Å². The number of ether oxygens (including phenoxy) is 2. The summed E-state index contributed by atoms with van der Waals surface area (Å²) in [7, 11) is -4.17. The molecule has 1 unspecified atom stereocenters. The van der Waals surface area contributed by atoms with Gasteiger partial charge in [0.05, 0.1) is 4.90 Å². The van der Waals surface area contributed by atoms with Gasteiger partial charge >= 0.3 is 0 Å². The van der Waals surface area contributed by atoms with E-state index in [0.29, 0.717) is 24.9 Å². The van der Waals surface area contributed by atoms with Crippen molar-refractivity contribution in [1.29, 1.82) is 0 Å². The Balaban J connectivity index is 1.83. The van der Waals surface area contributed by atoms with Crippen LogP contribution in [0.5, 0.6) is 11.5 Å². The van der Waals surface area contributed by atoms with Gasteiger partial charge in [0.2, 0.25) is 0 Å². The SMILES string of the molecule is CCC(C)c1cccc(OCCOc2ccc(S(=O)(=O)O)cc2)c1. The Hall–Kier alpha value is -2.05. The highest BCUT2D eigenvalue weighted by Gasteiger charge is 2.08. The summed E-state index contributed by atoms with van der Waals surface area (Å²) in [6.45, 7) is 5.04. The van der Waals surface area contributed by atoms with E-state index in [2.05, 4.69) is 19.9 Å².